The number of aromatic hydroxyl groups is 1. The summed E-state index contributed by atoms with van der Waals surface area (Å²) < 4.78 is 5.25. The molecule has 158 valence electrons. The smallest absolute Gasteiger partial charge is 0.316 e. The van der Waals surface area contributed by atoms with Crippen LogP contribution in [0.2, 0.25) is 0 Å². The molecule has 2 aliphatic carbocycles. The Morgan fingerprint density at radius 3 is 2.73 bits per heavy atom. The van der Waals surface area contributed by atoms with Crippen LogP contribution in [0.1, 0.15) is 43.4 Å². The summed E-state index contributed by atoms with van der Waals surface area (Å²) in [5, 5.41) is 10.1. The Kier molecular flexibility index (Phi) is 4.48. The summed E-state index contributed by atoms with van der Waals surface area (Å²) in [6, 6.07) is 16.5. The second-order valence-corrected chi connectivity index (χ2v) is 9.79. The van der Waals surface area contributed by atoms with Crippen molar-refractivity contribution in [1.29, 1.82) is 0 Å². The van der Waals surface area contributed by atoms with E-state index in [2.05, 4.69) is 36.9 Å². The van der Waals surface area contributed by atoms with Gasteiger partial charge in [0.05, 0.1) is 12.5 Å². The number of esters is 1. The van der Waals surface area contributed by atoms with Gasteiger partial charge in [-0.2, -0.15) is 0 Å². The third kappa shape index (κ3) is 2.73. The molecular formula is C26H31NO3. The number of methoxy groups -OCH3 is 1. The average Bonchev–Trinajstić information content (AvgIpc) is 3.48. The number of phenolic OH excluding ortho intramolecular Hbond substituents is 1. The summed E-state index contributed by atoms with van der Waals surface area (Å²) in [5.41, 5.74) is 3.38. The minimum Gasteiger partial charge on any atom is -0.508 e. The summed E-state index contributed by atoms with van der Waals surface area (Å²) in [5.74, 6) is 1.07. The summed E-state index contributed by atoms with van der Waals surface area (Å²) in [6.45, 7) is 6.69. The van der Waals surface area contributed by atoms with E-state index in [-0.39, 0.29) is 11.4 Å². The Hall–Kier alpha value is -2.33. The van der Waals surface area contributed by atoms with Crippen LogP contribution in [0.15, 0.2) is 48.5 Å². The van der Waals surface area contributed by atoms with Crippen LogP contribution in [0.5, 0.6) is 5.75 Å². The molecule has 0 amide bonds. The van der Waals surface area contributed by atoms with Crippen LogP contribution in [0, 0.1) is 11.8 Å². The van der Waals surface area contributed by atoms with Gasteiger partial charge in [0, 0.05) is 12.6 Å². The Labute approximate surface area is 178 Å². The number of fused-ring (bicyclic) bond motifs is 4. The fraction of sp³-hybridized carbons (Fsp3) is 0.500. The van der Waals surface area contributed by atoms with Crippen molar-refractivity contribution in [3.63, 3.8) is 0 Å². The van der Waals surface area contributed by atoms with Gasteiger partial charge in [-0.3, -0.25) is 9.69 Å². The van der Waals surface area contributed by atoms with Gasteiger partial charge in [0.15, 0.2) is 0 Å². The number of carbonyl (C=O) groups is 1. The third-order valence-corrected chi connectivity index (χ3v) is 8.51. The largest absolute Gasteiger partial charge is 0.508 e. The molecule has 0 unspecified atom stereocenters. The summed E-state index contributed by atoms with van der Waals surface area (Å²) >= 11 is 0. The second kappa shape index (κ2) is 6.84. The van der Waals surface area contributed by atoms with Crippen LogP contribution in [0.25, 0.3) is 0 Å². The minimum atomic E-state index is -0.488. The molecule has 5 atom stereocenters. The molecule has 4 heteroatoms. The van der Waals surface area contributed by atoms with Crippen LogP contribution in [0.4, 0.5) is 0 Å². The van der Waals surface area contributed by atoms with Gasteiger partial charge in [-0.05, 0) is 71.9 Å². The molecule has 1 aliphatic heterocycles. The molecule has 1 saturated heterocycles. The Bertz CT molecular complexity index is 973. The van der Waals surface area contributed by atoms with Crippen LogP contribution in [0.3, 0.4) is 0 Å². The van der Waals surface area contributed by atoms with Gasteiger partial charge >= 0.3 is 5.97 Å². The Balaban J connectivity index is 1.41. The van der Waals surface area contributed by atoms with E-state index in [9.17, 15) is 9.90 Å². The molecule has 0 spiro atoms. The van der Waals surface area contributed by atoms with E-state index in [1.807, 2.05) is 30.3 Å². The van der Waals surface area contributed by atoms with Gasteiger partial charge in [-0.1, -0.05) is 50.2 Å². The first-order chi connectivity index (χ1) is 14.4. The second-order valence-electron chi connectivity index (χ2n) is 9.79. The molecule has 2 bridgehead atoms. The molecule has 0 radical (unpaired) electrons. The number of rotatable bonds is 4. The fourth-order valence-corrected chi connectivity index (χ4v) is 6.39. The number of benzene rings is 2. The van der Waals surface area contributed by atoms with Crippen molar-refractivity contribution in [1.82, 2.24) is 4.90 Å². The number of nitrogens with zero attached hydrogens (tertiary/aromatic N) is 1. The highest BCUT2D eigenvalue weighted by Crippen LogP contribution is 2.57. The quantitative estimate of drug-likeness (QED) is 0.780. The van der Waals surface area contributed by atoms with Crippen molar-refractivity contribution < 1.29 is 14.6 Å². The first-order valence-electron chi connectivity index (χ1n) is 11.1. The highest BCUT2D eigenvalue weighted by molar-refractivity contribution is 5.87. The molecule has 2 aromatic rings. The number of carbonyl (C=O) groups excluding carboxylic acids is 1. The molecule has 1 heterocycles. The van der Waals surface area contributed by atoms with Crippen molar-refractivity contribution in [3.05, 3.63) is 65.2 Å². The number of phenols is 1. The van der Waals surface area contributed by atoms with Gasteiger partial charge in [0.2, 0.25) is 0 Å². The molecular weight excluding hydrogens is 374 g/mol. The Morgan fingerprint density at radius 2 is 2.00 bits per heavy atom. The van der Waals surface area contributed by atoms with Crippen LogP contribution >= 0.6 is 0 Å². The monoisotopic (exact) mass is 405 g/mol. The standard InChI is InChI=1S/C26H31NO3/c1-17-23-13-18-9-10-21(28)14-22(18)25(17,2)11-12-27(23)16-20-15-26(20,24(29)30-3)19-7-5-4-6-8-19/h4-10,14,17,20,23,28H,11-13,15-16H2,1-3H3/t17-,20-,23+,25+,26+/m1/s1. The molecule has 2 aromatic carbocycles. The molecule has 3 aliphatic rings. The van der Waals surface area contributed by atoms with Crippen molar-refractivity contribution in [2.45, 2.75) is 50.0 Å². The summed E-state index contributed by atoms with van der Waals surface area (Å²) in [4.78, 5) is 15.4. The Morgan fingerprint density at radius 1 is 1.23 bits per heavy atom. The van der Waals surface area contributed by atoms with Crippen molar-refractivity contribution in [2.24, 2.45) is 11.8 Å². The van der Waals surface area contributed by atoms with Gasteiger partial charge < -0.3 is 9.84 Å². The fourth-order valence-electron chi connectivity index (χ4n) is 6.39. The maximum Gasteiger partial charge on any atom is 0.316 e. The molecule has 1 saturated carbocycles. The SMILES string of the molecule is COC(=O)[C@]1(c2ccccc2)C[C@@H]1CN1CC[C@]2(C)c3cc(O)ccc3C[C@H]1[C@H]2C. The zero-order valence-corrected chi connectivity index (χ0v) is 18.1. The van der Waals surface area contributed by atoms with Crippen molar-refractivity contribution >= 4 is 5.97 Å². The van der Waals surface area contributed by atoms with E-state index in [1.54, 1.807) is 0 Å². The molecule has 0 aromatic heterocycles. The maximum atomic E-state index is 12.8. The topological polar surface area (TPSA) is 49.8 Å². The van der Waals surface area contributed by atoms with Crippen LogP contribution in [-0.4, -0.2) is 42.2 Å². The number of piperidine rings is 1. The van der Waals surface area contributed by atoms with Gasteiger partial charge in [0.25, 0.3) is 0 Å². The van der Waals surface area contributed by atoms with E-state index in [0.717, 1.165) is 37.9 Å². The zero-order valence-electron chi connectivity index (χ0n) is 18.1. The molecule has 4 nitrogen and oxygen atoms in total. The number of hydrogen-bond acceptors (Lipinski definition) is 4. The number of likely N-dealkylation sites (tertiary alicyclic amines) is 1. The lowest BCUT2D eigenvalue weighted by molar-refractivity contribution is -0.144. The molecule has 30 heavy (non-hydrogen) atoms. The number of ether oxygens (including phenoxy) is 1. The lowest BCUT2D eigenvalue weighted by Crippen LogP contribution is -2.58. The highest BCUT2D eigenvalue weighted by atomic mass is 16.5. The van der Waals surface area contributed by atoms with Crippen molar-refractivity contribution in [3.8, 4) is 5.75 Å². The van der Waals surface area contributed by atoms with Gasteiger partial charge in [-0.15, -0.1) is 0 Å². The molecule has 2 fully saturated rings. The van der Waals surface area contributed by atoms with E-state index in [1.165, 1.54) is 18.2 Å². The lowest BCUT2D eigenvalue weighted by Gasteiger charge is -2.54. The van der Waals surface area contributed by atoms with E-state index in [4.69, 9.17) is 4.74 Å². The van der Waals surface area contributed by atoms with Gasteiger partial charge in [0.1, 0.15) is 5.75 Å². The predicted octanol–water partition coefficient (Wildman–Crippen LogP) is 4.05. The first-order valence-corrected chi connectivity index (χ1v) is 11.1. The maximum absolute atomic E-state index is 12.8. The summed E-state index contributed by atoms with van der Waals surface area (Å²) in [6.07, 6.45) is 2.95. The zero-order chi connectivity index (χ0) is 21.1. The van der Waals surface area contributed by atoms with E-state index >= 15 is 0 Å². The minimum absolute atomic E-state index is 0.0932. The van der Waals surface area contributed by atoms with E-state index < -0.39 is 5.41 Å². The third-order valence-electron chi connectivity index (χ3n) is 8.51. The first kappa shape index (κ1) is 19.6. The number of hydrogen-bond donors (Lipinski definition) is 1. The lowest BCUT2D eigenvalue weighted by atomic mass is 9.59. The molecule has 5 rings (SSSR count). The normalized spacial score (nSPS) is 34.8. The van der Waals surface area contributed by atoms with Crippen LogP contribution < -0.4 is 0 Å². The van der Waals surface area contributed by atoms with E-state index in [0.29, 0.717) is 23.6 Å². The van der Waals surface area contributed by atoms with Gasteiger partial charge in [-0.25, -0.2) is 0 Å². The average molecular weight is 406 g/mol. The van der Waals surface area contributed by atoms with Crippen molar-refractivity contribution in [2.75, 3.05) is 20.2 Å². The van der Waals surface area contributed by atoms with Crippen LogP contribution in [-0.2, 0) is 26.8 Å². The molecule has 1 N–H and O–H groups in total. The predicted molar refractivity (Wildman–Crippen MR) is 117 cm³/mol. The highest BCUT2D eigenvalue weighted by Gasteiger charge is 2.63. The summed E-state index contributed by atoms with van der Waals surface area (Å²) in [7, 11) is 1.50.